The predicted molar refractivity (Wildman–Crippen MR) is 54.8 cm³/mol. The van der Waals surface area contributed by atoms with Crippen molar-refractivity contribution >= 4 is 5.78 Å². The van der Waals surface area contributed by atoms with Crippen LogP contribution in [0.25, 0.3) is 0 Å². The third kappa shape index (κ3) is 0.881. The van der Waals surface area contributed by atoms with Gasteiger partial charge in [-0.15, -0.1) is 0 Å². The maximum atomic E-state index is 12.2. The van der Waals surface area contributed by atoms with Gasteiger partial charge >= 0.3 is 0 Å². The van der Waals surface area contributed by atoms with Crippen LogP contribution in [0.1, 0.15) is 40.5 Å². The Labute approximate surface area is 85.7 Å². The maximum absolute atomic E-state index is 12.2. The Hall–Kier alpha value is -0.370. The summed E-state index contributed by atoms with van der Waals surface area (Å²) in [5, 5.41) is 9.67. The van der Waals surface area contributed by atoms with Crippen molar-refractivity contribution in [3.05, 3.63) is 0 Å². The summed E-state index contributed by atoms with van der Waals surface area (Å²) in [5.74, 6) is 0.581. The standard InChI is InChI=1S/C12H20O2/c1-7(13)9-8-5-6-12(4,10(9)14)11(8,2)3/h7-9,13H,5-6H2,1-4H3/t7-,8+,9+,12-/m0/s1. The van der Waals surface area contributed by atoms with Gasteiger partial charge in [0.1, 0.15) is 5.78 Å². The number of hydrogen-bond donors (Lipinski definition) is 1. The molecule has 14 heavy (non-hydrogen) atoms. The van der Waals surface area contributed by atoms with Crippen LogP contribution < -0.4 is 0 Å². The van der Waals surface area contributed by atoms with Gasteiger partial charge in [-0.05, 0) is 31.1 Å². The van der Waals surface area contributed by atoms with Crippen molar-refractivity contribution in [3.8, 4) is 0 Å². The van der Waals surface area contributed by atoms with Crippen LogP contribution in [0.3, 0.4) is 0 Å². The Balaban J connectivity index is 2.44. The highest BCUT2D eigenvalue weighted by atomic mass is 16.3. The average Bonchev–Trinajstić information content (AvgIpc) is 2.35. The van der Waals surface area contributed by atoms with E-state index in [1.807, 2.05) is 0 Å². The Morgan fingerprint density at radius 1 is 1.43 bits per heavy atom. The van der Waals surface area contributed by atoms with E-state index in [-0.39, 0.29) is 16.7 Å². The van der Waals surface area contributed by atoms with Crippen molar-refractivity contribution in [1.29, 1.82) is 0 Å². The fraction of sp³-hybridized carbons (Fsp3) is 0.917. The first-order valence-electron chi connectivity index (χ1n) is 5.55. The van der Waals surface area contributed by atoms with Gasteiger partial charge in [-0.2, -0.15) is 0 Å². The van der Waals surface area contributed by atoms with Crippen molar-refractivity contribution < 1.29 is 9.90 Å². The van der Waals surface area contributed by atoms with Gasteiger partial charge in [0.25, 0.3) is 0 Å². The molecular formula is C12H20O2. The molecule has 0 spiro atoms. The normalized spacial score (nSPS) is 47.1. The molecule has 2 saturated carbocycles. The predicted octanol–water partition coefficient (Wildman–Crippen LogP) is 2.01. The highest BCUT2D eigenvalue weighted by Crippen LogP contribution is 2.66. The van der Waals surface area contributed by atoms with Crippen LogP contribution in [0, 0.1) is 22.7 Å². The van der Waals surface area contributed by atoms with Crippen LogP contribution in [0.5, 0.6) is 0 Å². The van der Waals surface area contributed by atoms with Crippen LogP contribution >= 0.6 is 0 Å². The highest BCUT2D eigenvalue weighted by Gasteiger charge is 2.66. The molecule has 0 aliphatic heterocycles. The molecule has 2 aliphatic carbocycles. The monoisotopic (exact) mass is 196 g/mol. The van der Waals surface area contributed by atoms with E-state index >= 15 is 0 Å². The van der Waals surface area contributed by atoms with Crippen LogP contribution in [-0.2, 0) is 4.79 Å². The fourth-order valence-corrected chi connectivity index (χ4v) is 3.71. The van der Waals surface area contributed by atoms with Gasteiger partial charge in [0.2, 0.25) is 0 Å². The van der Waals surface area contributed by atoms with Crippen LogP contribution in [0.2, 0.25) is 0 Å². The summed E-state index contributed by atoms with van der Waals surface area (Å²) >= 11 is 0. The molecule has 0 heterocycles. The second kappa shape index (κ2) is 2.60. The Kier molecular flexibility index (Phi) is 1.89. The quantitative estimate of drug-likeness (QED) is 0.696. The molecule has 2 aliphatic rings. The number of carbonyl (C=O) groups excluding carboxylic acids is 1. The average molecular weight is 196 g/mol. The van der Waals surface area contributed by atoms with Gasteiger partial charge in [-0.25, -0.2) is 0 Å². The van der Waals surface area contributed by atoms with Gasteiger partial charge in [-0.3, -0.25) is 4.79 Å². The number of rotatable bonds is 1. The van der Waals surface area contributed by atoms with Crippen molar-refractivity contribution in [2.75, 3.05) is 0 Å². The lowest BCUT2D eigenvalue weighted by atomic mass is 9.70. The van der Waals surface area contributed by atoms with Gasteiger partial charge in [0.15, 0.2) is 0 Å². The van der Waals surface area contributed by atoms with E-state index in [9.17, 15) is 9.90 Å². The number of aliphatic hydroxyl groups excluding tert-OH is 1. The first-order valence-corrected chi connectivity index (χ1v) is 5.55. The molecule has 80 valence electrons. The molecule has 0 unspecified atom stereocenters. The number of hydrogen-bond acceptors (Lipinski definition) is 2. The van der Waals surface area contributed by atoms with Crippen molar-refractivity contribution in [2.24, 2.45) is 22.7 Å². The zero-order valence-corrected chi connectivity index (χ0v) is 9.50. The molecule has 0 radical (unpaired) electrons. The van der Waals surface area contributed by atoms with Gasteiger partial charge < -0.3 is 5.11 Å². The van der Waals surface area contributed by atoms with Crippen molar-refractivity contribution in [3.63, 3.8) is 0 Å². The lowest BCUT2D eigenvalue weighted by Crippen LogP contribution is -2.36. The van der Waals surface area contributed by atoms with E-state index in [0.29, 0.717) is 11.7 Å². The molecule has 0 amide bonds. The molecule has 1 N–H and O–H groups in total. The lowest BCUT2D eigenvalue weighted by Gasteiger charge is -2.32. The first kappa shape index (κ1) is 10.2. The summed E-state index contributed by atoms with van der Waals surface area (Å²) in [5.41, 5.74) is -0.106. The van der Waals surface area contributed by atoms with Crippen LogP contribution in [0.4, 0.5) is 0 Å². The molecule has 2 heteroatoms. The molecule has 2 nitrogen and oxygen atoms in total. The molecular weight excluding hydrogens is 176 g/mol. The van der Waals surface area contributed by atoms with E-state index in [2.05, 4.69) is 20.8 Å². The Bertz CT molecular complexity index is 280. The number of carbonyl (C=O) groups is 1. The van der Waals surface area contributed by atoms with E-state index in [0.717, 1.165) is 12.8 Å². The summed E-state index contributed by atoms with van der Waals surface area (Å²) in [4.78, 5) is 12.2. The SMILES string of the molecule is C[C@H](O)[C@H]1C(=O)[C@]2(C)CC[C@H]1C2(C)C. The summed E-state index contributed by atoms with van der Waals surface area (Å²) in [6.07, 6.45) is 1.63. The van der Waals surface area contributed by atoms with Gasteiger partial charge in [0, 0.05) is 11.3 Å². The van der Waals surface area contributed by atoms with Crippen LogP contribution in [0.15, 0.2) is 0 Å². The van der Waals surface area contributed by atoms with E-state index in [1.54, 1.807) is 6.92 Å². The molecule has 2 fully saturated rings. The summed E-state index contributed by atoms with van der Waals surface area (Å²) in [7, 11) is 0. The second-order valence-electron chi connectivity index (χ2n) is 5.83. The molecule has 0 aromatic heterocycles. The summed E-state index contributed by atoms with van der Waals surface area (Å²) < 4.78 is 0. The minimum Gasteiger partial charge on any atom is -0.393 e. The minimum atomic E-state index is -0.478. The van der Waals surface area contributed by atoms with E-state index in [1.165, 1.54) is 0 Å². The zero-order valence-electron chi connectivity index (χ0n) is 9.50. The molecule has 0 aromatic rings. The zero-order chi connectivity index (χ0) is 10.7. The van der Waals surface area contributed by atoms with Gasteiger partial charge in [-0.1, -0.05) is 20.8 Å². The number of Topliss-reactive ketones (excluding diaryl/α,β-unsaturated/α-hetero) is 1. The van der Waals surface area contributed by atoms with Crippen molar-refractivity contribution in [2.45, 2.75) is 46.6 Å². The third-order valence-electron chi connectivity index (χ3n) is 5.10. The summed E-state index contributed by atoms with van der Waals surface area (Å²) in [6.45, 7) is 8.20. The number of ketones is 1. The number of fused-ring (bicyclic) bond motifs is 2. The lowest BCUT2D eigenvalue weighted by molar-refractivity contribution is -0.134. The smallest absolute Gasteiger partial charge is 0.145 e. The Morgan fingerprint density at radius 3 is 2.29 bits per heavy atom. The van der Waals surface area contributed by atoms with Crippen LogP contribution in [-0.4, -0.2) is 17.0 Å². The fourth-order valence-electron chi connectivity index (χ4n) is 3.71. The molecule has 0 saturated heterocycles. The highest BCUT2D eigenvalue weighted by molar-refractivity contribution is 5.92. The maximum Gasteiger partial charge on any atom is 0.145 e. The third-order valence-corrected chi connectivity index (χ3v) is 5.10. The van der Waals surface area contributed by atoms with Gasteiger partial charge in [0.05, 0.1) is 6.10 Å². The second-order valence-corrected chi connectivity index (χ2v) is 5.83. The van der Waals surface area contributed by atoms with E-state index in [4.69, 9.17) is 0 Å². The Morgan fingerprint density at radius 2 is 2.00 bits per heavy atom. The largest absolute Gasteiger partial charge is 0.393 e. The van der Waals surface area contributed by atoms with E-state index < -0.39 is 6.10 Å². The molecule has 4 atom stereocenters. The first-order chi connectivity index (χ1) is 6.32. The van der Waals surface area contributed by atoms with Crippen molar-refractivity contribution in [1.82, 2.24) is 0 Å². The number of aliphatic hydroxyl groups is 1. The molecule has 2 rings (SSSR count). The molecule has 0 aromatic carbocycles. The molecule has 2 bridgehead atoms. The minimum absolute atomic E-state index is 0.0751. The summed E-state index contributed by atoms with van der Waals surface area (Å²) in [6, 6.07) is 0. The topological polar surface area (TPSA) is 37.3 Å².